The van der Waals surface area contributed by atoms with Gasteiger partial charge in [0.2, 0.25) is 0 Å². The Morgan fingerprint density at radius 3 is 2.30 bits per heavy atom. The van der Waals surface area contributed by atoms with Gasteiger partial charge in [-0.2, -0.15) is 17.6 Å². The molecule has 0 saturated heterocycles. The smallest absolute Gasteiger partial charge is 0.396 e. The lowest BCUT2D eigenvalue weighted by atomic mass is 9.98. The molecule has 0 atom stereocenters. The van der Waals surface area contributed by atoms with Gasteiger partial charge in [0.25, 0.3) is 0 Å². The number of carbonyl (C=O) groups excluding carboxylic acids is 1. The highest BCUT2D eigenvalue weighted by Gasteiger charge is 2.61. The second-order valence-corrected chi connectivity index (χ2v) is 7.48. The van der Waals surface area contributed by atoms with Crippen molar-refractivity contribution < 1.29 is 49.5 Å². The lowest BCUT2D eigenvalue weighted by Crippen LogP contribution is -2.47. The number of rotatable bonds is 11. The Bertz CT molecular complexity index is 616. The molecular weight excluding hydrogens is 400 g/mol. The minimum atomic E-state index is -6.54. The molecule has 0 spiro atoms. The zero-order valence-corrected chi connectivity index (χ0v) is 15.2. The minimum absolute atomic E-state index is 0.00254. The molecule has 0 amide bonds. The van der Waals surface area contributed by atoms with Crippen LogP contribution in [0.15, 0.2) is 12.2 Å². The van der Waals surface area contributed by atoms with Crippen molar-refractivity contribution in [2.75, 3.05) is 20.0 Å². The van der Waals surface area contributed by atoms with E-state index in [4.69, 9.17) is 9.47 Å². The first-order chi connectivity index (χ1) is 12.4. The molecule has 1 aliphatic rings. The molecule has 1 aliphatic carbocycles. The lowest BCUT2D eigenvalue weighted by Gasteiger charge is -2.28. The first kappa shape index (κ1) is 23.8. The van der Waals surface area contributed by atoms with Gasteiger partial charge in [-0.15, -0.1) is 0 Å². The highest BCUT2D eigenvalue weighted by molar-refractivity contribution is 7.86. The van der Waals surface area contributed by atoms with Crippen molar-refractivity contribution in [3.05, 3.63) is 12.2 Å². The largest absolute Gasteiger partial charge is 0.743 e. The van der Waals surface area contributed by atoms with Crippen LogP contribution in [-0.4, -0.2) is 56.2 Å². The third-order valence-electron chi connectivity index (χ3n) is 3.91. The highest BCUT2D eigenvalue weighted by Crippen LogP contribution is 2.40. The van der Waals surface area contributed by atoms with Crippen LogP contribution < -0.4 is 0 Å². The summed E-state index contributed by atoms with van der Waals surface area (Å²) in [7, 11) is -6.54. The summed E-state index contributed by atoms with van der Waals surface area (Å²) in [6, 6.07) is 0. The summed E-state index contributed by atoms with van der Waals surface area (Å²) in [6.45, 7) is 1.35. The van der Waals surface area contributed by atoms with Crippen LogP contribution in [0.25, 0.3) is 0 Å². The monoisotopic (exact) mass is 421 g/mol. The topological polar surface area (TPSA) is 102 Å². The number of hydrogen-bond acceptors (Lipinski definition) is 7. The summed E-state index contributed by atoms with van der Waals surface area (Å²) >= 11 is 0. The van der Waals surface area contributed by atoms with E-state index in [0.29, 0.717) is 0 Å². The maximum atomic E-state index is 13.2. The second-order valence-electron chi connectivity index (χ2n) is 6.06. The van der Waals surface area contributed by atoms with Gasteiger partial charge >= 0.3 is 17.1 Å². The predicted octanol–water partition coefficient (Wildman–Crippen LogP) is 2.57. The van der Waals surface area contributed by atoms with Crippen molar-refractivity contribution in [1.29, 1.82) is 0 Å². The van der Waals surface area contributed by atoms with Crippen molar-refractivity contribution in [3.63, 3.8) is 0 Å². The Labute approximate surface area is 154 Å². The Morgan fingerprint density at radius 2 is 1.74 bits per heavy atom. The van der Waals surface area contributed by atoms with E-state index in [1.807, 2.05) is 0 Å². The number of carbonyl (C=O) groups is 1. The molecule has 0 radical (unpaired) electrons. The van der Waals surface area contributed by atoms with Crippen LogP contribution in [0.1, 0.15) is 38.5 Å². The van der Waals surface area contributed by atoms with Gasteiger partial charge in [0.05, 0.1) is 24.9 Å². The molecule has 0 aliphatic heterocycles. The molecule has 7 nitrogen and oxygen atoms in total. The van der Waals surface area contributed by atoms with Gasteiger partial charge < -0.3 is 18.8 Å². The van der Waals surface area contributed by atoms with Crippen LogP contribution in [-0.2, 0) is 29.1 Å². The third kappa shape index (κ3) is 7.01. The average Bonchev–Trinajstić information content (AvgIpc) is 2.58. The zero-order chi connectivity index (χ0) is 20.7. The van der Waals surface area contributed by atoms with Gasteiger partial charge in [0.1, 0.15) is 0 Å². The van der Waals surface area contributed by atoms with Crippen molar-refractivity contribution in [1.82, 2.24) is 0 Å². The van der Waals surface area contributed by atoms with E-state index in [-0.39, 0.29) is 18.5 Å². The van der Waals surface area contributed by atoms with E-state index in [2.05, 4.69) is 11.3 Å². The molecule has 158 valence electrons. The summed E-state index contributed by atoms with van der Waals surface area (Å²) < 4.78 is 97.6. The fourth-order valence-corrected chi connectivity index (χ4v) is 2.77. The van der Waals surface area contributed by atoms with Gasteiger partial charge in [-0.1, -0.05) is 25.8 Å². The summed E-state index contributed by atoms with van der Waals surface area (Å²) in [5.74, 6) is -6.03. The summed E-state index contributed by atoms with van der Waals surface area (Å²) in [4.78, 5) is 11.6. The highest BCUT2D eigenvalue weighted by atomic mass is 32.2. The molecule has 0 N–H and O–H groups in total. The minimum Gasteiger partial charge on any atom is -0.743 e. The first-order valence-electron chi connectivity index (χ1n) is 8.14. The number of hydrogen-bond donors (Lipinski definition) is 0. The van der Waals surface area contributed by atoms with Gasteiger partial charge in [-0.05, 0) is 12.8 Å². The first-order valence-corrected chi connectivity index (χ1v) is 9.54. The third-order valence-corrected chi connectivity index (χ3v) is 4.84. The molecular formula is C15H21F4O7S-. The van der Waals surface area contributed by atoms with E-state index in [1.165, 1.54) is 0 Å². The Kier molecular flexibility index (Phi) is 8.64. The number of esters is 1. The quantitative estimate of drug-likeness (QED) is 0.126. The van der Waals surface area contributed by atoms with E-state index >= 15 is 0 Å². The Hall–Kier alpha value is -1.24. The molecule has 12 heteroatoms. The molecule has 1 saturated carbocycles. The summed E-state index contributed by atoms with van der Waals surface area (Å²) in [6.07, 6.45) is 3.15. The van der Waals surface area contributed by atoms with Crippen LogP contribution in [0.3, 0.4) is 0 Å². The van der Waals surface area contributed by atoms with Crippen LogP contribution in [0.2, 0.25) is 0 Å². The van der Waals surface area contributed by atoms with Crippen LogP contribution in [0, 0.1) is 0 Å². The molecule has 1 fully saturated rings. The molecule has 0 heterocycles. The zero-order valence-electron chi connectivity index (χ0n) is 14.4. The molecule has 1 rings (SSSR count). The van der Waals surface area contributed by atoms with Crippen molar-refractivity contribution in [2.24, 2.45) is 0 Å². The normalized spacial score (nSPS) is 16.9. The van der Waals surface area contributed by atoms with Gasteiger partial charge in [-0.25, -0.2) is 13.2 Å². The molecule has 0 aromatic heterocycles. The molecule has 0 bridgehead atoms. The van der Waals surface area contributed by atoms with Gasteiger partial charge in [0, 0.05) is 6.42 Å². The van der Waals surface area contributed by atoms with E-state index < -0.39 is 46.9 Å². The Morgan fingerprint density at radius 1 is 1.15 bits per heavy atom. The summed E-state index contributed by atoms with van der Waals surface area (Å²) in [5.41, 5.74) is -0.270. The van der Waals surface area contributed by atoms with Gasteiger partial charge in [-0.3, -0.25) is 0 Å². The lowest BCUT2D eigenvalue weighted by molar-refractivity contribution is -0.171. The fraction of sp³-hybridized carbons (Fsp3) is 0.800. The van der Waals surface area contributed by atoms with E-state index in [0.717, 1.165) is 32.1 Å². The molecule has 0 unspecified atom stereocenters. The van der Waals surface area contributed by atoms with Crippen molar-refractivity contribution >= 4 is 16.1 Å². The molecule has 27 heavy (non-hydrogen) atoms. The summed E-state index contributed by atoms with van der Waals surface area (Å²) in [5, 5.41) is -5.77. The van der Waals surface area contributed by atoms with Crippen molar-refractivity contribution in [2.45, 2.75) is 55.8 Å². The number of alkyl halides is 4. The number of ether oxygens (including phenoxy) is 3. The van der Waals surface area contributed by atoms with E-state index in [1.54, 1.807) is 0 Å². The average molecular weight is 421 g/mol. The maximum absolute atomic E-state index is 13.2. The fourth-order valence-electron chi connectivity index (χ4n) is 2.30. The predicted molar refractivity (Wildman–Crippen MR) is 83.1 cm³/mol. The standard InChI is InChI=1S/C15H22F4O7S/c1-11(13(20)26-10-25-12-5-3-2-4-6-12)9-24-8-7-14(16,17)15(18,19)27(21,22)23/h12H,1-10H2,(H,21,22,23)/p-1. The van der Waals surface area contributed by atoms with Crippen LogP contribution in [0.4, 0.5) is 17.6 Å². The SMILES string of the molecule is C=C(COCCC(F)(F)C(F)(F)S(=O)(=O)[O-])C(=O)OCOC1CCCCC1. The Balaban J connectivity index is 2.28. The molecule has 0 aromatic carbocycles. The van der Waals surface area contributed by atoms with Crippen molar-refractivity contribution in [3.8, 4) is 0 Å². The second kappa shape index (κ2) is 9.80. The maximum Gasteiger partial charge on any atom is 0.396 e. The van der Waals surface area contributed by atoms with Crippen LogP contribution in [0.5, 0.6) is 0 Å². The number of halogens is 4. The van der Waals surface area contributed by atoms with E-state index in [9.17, 15) is 35.3 Å². The van der Waals surface area contributed by atoms with Gasteiger partial charge in [0.15, 0.2) is 16.9 Å². The van der Waals surface area contributed by atoms with Crippen LogP contribution >= 0.6 is 0 Å². The molecule has 0 aromatic rings.